The van der Waals surface area contributed by atoms with Crippen LogP contribution in [0.15, 0.2) is 16.9 Å². The largest absolute Gasteiger partial charge is 0.471 e. The van der Waals surface area contributed by atoms with Crippen LogP contribution in [0.4, 0.5) is 18.0 Å². The van der Waals surface area contributed by atoms with Crippen LogP contribution < -0.4 is 10.6 Å². The Kier molecular flexibility index (Phi) is 7.86. The normalized spacial score (nSPS) is 26.1. The molecule has 0 bridgehead atoms. The van der Waals surface area contributed by atoms with Crippen LogP contribution in [-0.2, 0) is 14.3 Å². The van der Waals surface area contributed by atoms with Crippen LogP contribution >= 0.6 is 0 Å². The summed E-state index contributed by atoms with van der Waals surface area (Å²) in [4.78, 5) is 26.4. The molecule has 0 saturated carbocycles. The summed E-state index contributed by atoms with van der Waals surface area (Å²) in [6, 6.07) is -0.754. The smallest absolute Gasteiger partial charge is 0.394 e. The first kappa shape index (κ1) is 23.3. The van der Waals surface area contributed by atoms with Gasteiger partial charge in [0.05, 0.1) is 24.8 Å². The van der Waals surface area contributed by atoms with Crippen LogP contribution in [0.3, 0.4) is 0 Å². The molecule has 2 rings (SSSR count). The molecule has 1 saturated heterocycles. The van der Waals surface area contributed by atoms with E-state index in [1.807, 2.05) is 0 Å². The molecule has 0 aromatic carbocycles. The highest BCUT2D eigenvalue weighted by molar-refractivity contribution is 5.82. The molecular weight excluding hydrogens is 417 g/mol. The molecule has 2 heterocycles. The number of rotatable bonds is 6. The van der Waals surface area contributed by atoms with Crippen molar-refractivity contribution in [2.75, 3.05) is 19.9 Å². The summed E-state index contributed by atoms with van der Waals surface area (Å²) in [7, 11) is 0. The van der Waals surface area contributed by atoms with E-state index in [1.165, 1.54) is 0 Å². The van der Waals surface area contributed by atoms with Gasteiger partial charge in [-0.25, -0.2) is 4.79 Å². The molecule has 0 radical (unpaired) electrons. The number of amides is 3. The predicted octanol–water partition coefficient (Wildman–Crippen LogP) is -0.344. The predicted molar refractivity (Wildman–Crippen MR) is 90.6 cm³/mol. The van der Waals surface area contributed by atoms with Crippen molar-refractivity contribution in [3.63, 3.8) is 0 Å². The van der Waals surface area contributed by atoms with Gasteiger partial charge in [-0.2, -0.15) is 13.2 Å². The Morgan fingerprint density at radius 3 is 2.93 bits per heavy atom. The molecule has 12 nitrogen and oxygen atoms in total. The summed E-state index contributed by atoms with van der Waals surface area (Å²) in [6.07, 6.45) is -7.77. The lowest BCUT2D eigenvalue weighted by atomic mass is 10.1. The second-order valence-electron chi connectivity index (χ2n) is 5.94. The summed E-state index contributed by atoms with van der Waals surface area (Å²) in [5.74, 6) is 2.44. The van der Waals surface area contributed by atoms with Gasteiger partial charge in [0.1, 0.15) is 19.1 Å². The molecule has 4 N–H and O–H groups in total. The number of nitrogens with one attached hydrogen (secondary N) is 2. The number of nitrogens with zero attached hydrogens (tertiary/aromatic N) is 4. The maximum absolute atomic E-state index is 12.2. The first-order valence-electron chi connectivity index (χ1n) is 8.38. The number of aliphatic hydroxyl groups excluding tert-OH is 2. The van der Waals surface area contributed by atoms with E-state index in [4.69, 9.17) is 15.0 Å². The van der Waals surface area contributed by atoms with Gasteiger partial charge in [0.2, 0.25) is 0 Å². The molecule has 3 amide bonds. The number of aliphatic hydroxyl groups is 2. The minimum Gasteiger partial charge on any atom is -0.394 e. The van der Waals surface area contributed by atoms with E-state index < -0.39 is 55.9 Å². The Morgan fingerprint density at radius 2 is 2.30 bits per heavy atom. The van der Waals surface area contributed by atoms with E-state index in [0.29, 0.717) is 0 Å². The summed E-state index contributed by atoms with van der Waals surface area (Å²) in [5.41, 5.74) is 8.21. The molecule has 1 fully saturated rings. The number of hydrogen-bond acceptors (Lipinski definition) is 7. The van der Waals surface area contributed by atoms with Crippen molar-refractivity contribution in [1.29, 1.82) is 0 Å². The SMILES string of the molecule is [N-]=[N+]=NCOC1CC(N2C=C(C#CCNC(=O)C(F)(F)F)C(O)NC2=O)OC1CO. The monoisotopic (exact) mass is 434 g/mol. The molecule has 4 atom stereocenters. The number of carbonyl (C=O) groups is 2. The van der Waals surface area contributed by atoms with Crippen molar-refractivity contribution in [3.05, 3.63) is 22.2 Å². The number of urea groups is 1. The summed E-state index contributed by atoms with van der Waals surface area (Å²) >= 11 is 0. The van der Waals surface area contributed by atoms with Crippen LogP contribution in [0.1, 0.15) is 6.42 Å². The maximum atomic E-state index is 12.2. The minimum atomic E-state index is -5.05. The third-order valence-electron chi connectivity index (χ3n) is 3.98. The van der Waals surface area contributed by atoms with Crippen molar-refractivity contribution in [1.82, 2.24) is 15.5 Å². The number of ether oxygens (including phenoxy) is 2. The zero-order valence-electron chi connectivity index (χ0n) is 15.2. The highest BCUT2D eigenvalue weighted by Crippen LogP contribution is 2.28. The van der Waals surface area contributed by atoms with Crippen LogP contribution in [0.5, 0.6) is 0 Å². The lowest BCUT2D eigenvalue weighted by molar-refractivity contribution is -0.173. The third-order valence-corrected chi connectivity index (χ3v) is 3.98. The number of halogens is 3. The van der Waals surface area contributed by atoms with Gasteiger partial charge in [-0.1, -0.05) is 17.0 Å². The standard InChI is InChI=1S/C15H17F3N6O6/c16-15(17,18)13(27)20-3-1-2-8-5-24(14(28)22-12(8)26)11-4-9(10(6-25)30-11)29-7-21-23-19/h5,9-12,25-26H,3-4,6-7H2,(H,20,27)(H,22,28). The number of hydrogen-bond donors (Lipinski definition) is 4. The van der Waals surface area contributed by atoms with Crippen molar-refractivity contribution < 1.29 is 42.4 Å². The molecule has 0 aliphatic carbocycles. The molecule has 164 valence electrons. The van der Waals surface area contributed by atoms with Gasteiger partial charge in [-0.05, 0) is 5.53 Å². The first-order valence-corrected chi connectivity index (χ1v) is 8.38. The van der Waals surface area contributed by atoms with E-state index in [9.17, 15) is 33.0 Å². The minimum absolute atomic E-state index is 0.0709. The van der Waals surface area contributed by atoms with Crippen molar-refractivity contribution in [2.24, 2.45) is 5.11 Å². The fourth-order valence-electron chi connectivity index (χ4n) is 2.60. The quantitative estimate of drug-likeness (QED) is 0.193. The second-order valence-corrected chi connectivity index (χ2v) is 5.94. The molecule has 0 aromatic rings. The van der Waals surface area contributed by atoms with Gasteiger partial charge >= 0.3 is 18.1 Å². The molecule has 0 spiro atoms. The molecule has 2 aliphatic heterocycles. The number of carbonyl (C=O) groups excluding carboxylic acids is 2. The molecular formula is C15H17F3N6O6. The Morgan fingerprint density at radius 1 is 1.57 bits per heavy atom. The van der Waals surface area contributed by atoms with Crippen molar-refractivity contribution in [2.45, 2.75) is 37.3 Å². The Balaban J connectivity index is 2.06. The van der Waals surface area contributed by atoms with Gasteiger partial charge in [-0.3, -0.25) is 9.69 Å². The summed E-state index contributed by atoms with van der Waals surface area (Å²) in [5, 5.41) is 26.2. The zero-order chi connectivity index (χ0) is 22.3. The lowest BCUT2D eigenvalue weighted by Gasteiger charge is -2.31. The van der Waals surface area contributed by atoms with Gasteiger partial charge in [0.15, 0.2) is 6.23 Å². The Hall–Kier alpha value is -3.02. The van der Waals surface area contributed by atoms with Crippen LogP contribution in [0, 0.1) is 11.8 Å². The third kappa shape index (κ3) is 5.99. The molecule has 30 heavy (non-hydrogen) atoms. The fourth-order valence-corrected chi connectivity index (χ4v) is 2.60. The average Bonchev–Trinajstić information content (AvgIpc) is 3.08. The first-order chi connectivity index (χ1) is 14.2. The molecule has 0 aromatic heterocycles. The highest BCUT2D eigenvalue weighted by atomic mass is 19.4. The Labute approximate surface area is 167 Å². The molecule has 4 unspecified atom stereocenters. The van der Waals surface area contributed by atoms with Crippen LogP contribution in [0.25, 0.3) is 10.4 Å². The lowest BCUT2D eigenvalue weighted by Crippen LogP contribution is -2.51. The Bertz CT molecular complexity index is 803. The van der Waals surface area contributed by atoms with Gasteiger partial charge in [0, 0.05) is 17.5 Å². The summed E-state index contributed by atoms with van der Waals surface area (Å²) in [6.45, 7) is -1.39. The van der Waals surface area contributed by atoms with E-state index in [1.54, 1.807) is 5.32 Å². The van der Waals surface area contributed by atoms with E-state index in [2.05, 4.69) is 27.2 Å². The maximum Gasteiger partial charge on any atom is 0.471 e. The fraction of sp³-hybridized carbons (Fsp3) is 0.600. The number of alkyl halides is 3. The zero-order valence-corrected chi connectivity index (χ0v) is 15.2. The van der Waals surface area contributed by atoms with Crippen LogP contribution in [0.2, 0.25) is 0 Å². The van der Waals surface area contributed by atoms with Gasteiger partial charge < -0.3 is 30.3 Å². The second kappa shape index (κ2) is 10.1. The van der Waals surface area contributed by atoms with E-state index >= 15 is 0 Å². The highest BCUT2D eigenvalue weighted by Gasteiger charge is 2.41. The van der Waals surface area contributed by atoms with E-state index in [-0.39, 0.29) is 18.7 Å². The average molecular weight is 434 g/mol. The molecule has 2 aliphatic rings. The van der Waals surface area contributed by atoms with Crippen molar-refractivity contribution >= 4 is 11.9 Å². The molecule has 15 heteroatoms. The van der Waals surface area contributed by atoms with Crippen LogP contribution in [-0.4, -0.2) is 77.8 Å². The number of azide groups is 1. The van der Waals surface area contributed by atoms with Gasteiger partial charge in [0.25, 0.3) is 0 Å². The topological polar surface area (TPSA) is 169 Å². The van der Waals surface area contributed by atoms with Crippen molar-refractivity contribution in [3.8, 4) is 11.8 Å². The van der Waals surface area contributed by atoms with E-state index in [0.717, 1.165) is 11.1 Å². The summed E-state index contributed by atoms with van der Waals surface area (Å²) < 4.78 is 47.2. The van der Waals surface area contributed by atoms with Gasteiger partial charge in [-0.15, -0.1) is 0 Å².